The third-order valence-electron chi connectivity index (χ3n) is 5.02. The van der Waals surface area contributed by atoms with E-state index in [-0.39, 0.29) is 0 Å². The fraction of sp³-hybridized carbons (Fsp3) is 0.400. The Bertz CT molecular complexity index is 678. The van der Waals surface area contributed by atoms with E-state index in [1.54, 1.807) is 12.1 Å². The number of hydrogen-bond acceptors (Lipinski definition) is 3. The number of benzene rings is 2. The Morgan fingerprint density at radius 2 is 1.71 bits per heavy atom. The molecule has 2 N–H and O–H groups in total. The third kappa shape index (κ3) is 3.81. The monoisotopic (exact) mass is 345 g/mol. The van der Waals surface area contributed by atoms with Crippen LogP contribution in [0.4, 0.5) is 0 Å². The summed E-state index contributed by atoms with van der Waals surface area (Å²) in [6, 6.07) is 15.4. The van der Waals surface area contributed by atoms with E-state index < -0.39 is 11.7 Å². The summed E-state index contributed by atoms with van der Waals surface area (Å²) in [6.07, 6.45) is 0.836. The van der Waals surface area contributed by atoms with Crippen molar-refractivity contribution in [3.63, 3.8) is 0 Å². The van der Waals surface area contributed by atoms with Crippen molar-refractivity contribution in [2.75, 3.05) is 19.6 Å². The lowest BCUT2D eigenvalue weighted by Crippen LogP contribution is -2.44. The van der Waals surface area contributed by atoms with Gasteiger partial charge in [-0.2, -0.15) is 0 Å². The van der Waals surface area contributed by atoms with Gasteiger partial charge in [0.2, 0.25) is 0 Å². The van der Waals surface area contributed by atoms with Crippen LogP contribution in [0.5, 0.6) is 0 Å². The second-order valence-corrected chi connectivity index (χ2v) is 7.15. The summed E-state index contributed by atoms with van der Waals surface area (Å²) < 4.78 is 0. The number of rotatable bonds is 4. The summed E-state index contributed by atoms with van der Waals surface area (Å²) in [5.41, 5.74) is 2.28. The first-order valence-corrected chi connectivity index (χ1v) is 8.80. The highest BCUT2D eigenvalue weighted by molar-refractivity contribution is 6.30. The lowest BCUT2D eigenvalue weighted by atomic mass is 9.82. The molecule has 1 atom stereocenters. The molecule has 2 aromatic rings. The second kappa shape index (κ2) is 7.24. The summed E-state index contributed by atoms with van der Waals surface area (Å²) in [7, 11) is 0. The van der Waals surface area contributed by atoms with Crippen molar-refractivity contribution < 1.29 is 10.2 Å². The van der Waals surface area contributed by atoms with E-state index >= 15 is 0 Å². The van der Waals surface area contributed by atoms with Crippen LogP contribution in [-0.4, -0.2) is 34.7 Å². The number of aliphatic hydroxyl groups is 2. The summed E-state index contributed by atoms with van der Waals surface area (Å²) in [6.45, 7) is 4.17. The second-order valence-electron chi connectivity index (χ2n) is 6.71. The Morgan fingerprint density at radius 3 is 2.33 bits per heavy atom. The molecule has 0 bridgehead atoms. The molecule has 0 amide bonds. The van der Waals surface area contributed by atoms with Crippen LogP contribution >= 0.6 is 11.6 Å². The summed E-state index contributed by atoms with van der Waals surface area (Å²) in [5, 5.41) is 22.1. The van der Waals surface area contributed by atoms with Crippen LogP contribution in [0, 0.1) is 6.92 Å². The van der Waals surface area contributed by atoms with Crippen LogP contribution in [0.15, 0.2) is 48.5 Å². The molecule has 4 heteroatoms. The molecular weight excluding hydrogens is 322 g/mol. The molecule has 0 saturated carbocycles. The van der Waals surface area contributed by atoms with Crippen molar-refractivity contribution in [1.29, 1.82) is 0 Å². The molecule has 0 aliphatic carbocycles. The van der Waals surface area contributed by atoms with Crippen molar-refractivity contribution >= 4 is 11.6 Å². The van der Waals surface area contributed by atoms with Crippen LogP contribution in [0.2, 0.25) is 5.02 Å². The lowest BCUT2D eigenvalue weighted by Gasteiger charge is -2.39. The molecule has 2 aromatic carbocycles. The molecule has 0 aromatic heterocycles. The van der Waals surface area contributed by atoms with Gasteiger partial charge in [0.1, 0.15) is 0 Å². The summed E-state index contributed by atoms with van der Waals surface area (Å²) in [4.78, 5) is 2.21. The van der Waals surface area contributed by atoms with E-state index in [0.29, 0.717) is 24.4 Å². The molecule has 128 valence electrons. The first-order valence-electron chi connectivity index (χ1n) is 8.42. The lowest BCUT2D eigenvalue weighted by molar-refractivity contribution is -0.0348. The standard InChI is InChI=1S/C20H24ClNO2/c1-15-4-2-3-5-18(15)20(24)10-12-22(13-11-20)14-19(23)16-6-8-17(21)9-7-16/h2-9,19,23-24H,10-14H2,1H3/t19-/m0/s1. The molecule has 1 heterocycles. The van der Waals surface area contributed by atoms with Crippen LogP contribution in [0.25, 0.3) is 0 Å². The van der Waals surface area contributed by atoms with E-state index in [2.05, 4.69) is 4.90 Å². The molecule has 1 aliphatic rings. The Hall–Kier alpha value is -1.39. The average molecular weight is 346 g/mol. The molecule has 3 rings (SSSR count). The van der Waals surface area contributed by atoms with E-state index in [9.17, 15) is 10.2 Å². The van der Waals surface area contributed by atoms with Gasteiger partial charge in [0.15, 0.2) is 0 Å². The minimum atomic E-state index is -0.757. The Labute approximate surface area is 148 Å². The zero-order valence-corrected chi connectivity index (χ0v) is 14.7. The van der Waals surface area contributed by atoms with E-state index in [0.717, 1.165) is 29.8 Å². The average Bonchev–Trinajstić information content (AvgIpc) is 2.58. The van der Waals surface area contributed by atoms with Gasteiger partial charge in [0.05, 0.1) is 11.7 Å². The van der Waals surface area contributed by atoms with Gasteiger partial charge in [-0.3, -0.25) is 0 Å². The van der Waals surface area contributed by atoms with Gasteiger partial charge in [0, 0.05) is 24.7 Å². The van der Waals surface area contributed by atoms with Crippen LogP contribution in [0.3, 0.4) is 0 Å². The smallest absolute Gasteiger partial charge is 0.0923 e. The van der Waals surface area contributed by atoms with Gasteiger partial charge >= 0.3 is 0 Å². The maximum atomic E-state index is 11.0. The summed E-state index contributed by atoms with van der Waals surface area (Å²) >= 11 is 5.89. The number of likely N-dealkylation sites (tertiary alicyclic amines) is 1. The zero-order chi connectivity index (χ0) is 17.2. The van der Waals surface area contributed by atoms with E-state index in [1.807, 2.05) is 43.3 Å². The van der Waals surface area contributed by atoms with Crippen molar-refractivity contribution in [3.05, 3.63) is 70.2 Å². The van der Waals surface area contributed by atoms with E-state index in [1.165, 1.54) is 0 Å². The van der Waals surface area contributed by atoms with Crippen molar-refractivity contribution in [2.45, 2.75) is 31.5 Å². The maximum absolute atomic E-state index is 11.0. The first-order chi connectivity index (χ1) is 11.5. The summed E-state index contributed by atoms with van der Waals surface area (Å²) in [5.74, 6) is 0. The molecule has 24 heavy (non-hydrogen) atoms. The highest BCUT2D eigenvalue weighted by Crippen LogP contribution is 2.35. The number of piperidine rings is 1. The molecule has 3 nitrogen and oxygen atoms in total. The molecule has 0 unspecified atom stereocenters. The van der Waals surface area contributed by atoms with Crippen LogP contribution in [-0.2, 0) is 5.60 Å². The number of halogens is 1. The predicted octanol–water partition coefficient (Wildman–Crippen LogP) is 3.67. The first kappa shape index (κ1) is 17.4. The van der Waals surface area contributed by atoms with Gasteiger partial charge in [-0.1, -0.05) is 48.0 Å². The van der Waals surface area contributed by atoms with Gasteiger partial charge in [-0.05, 0) is 48.6 Å². The number of β-amino-alcohol motifs (C(OH)–C–C–N with tert-alkyl or cyclic N) is 1. The highest BCUT2D eigenvalue weighted by atomic mass is 35.5. The zero-order valence-electron chi connectivity index (χ0n) is 14.0. The van der Waals surface area contributed by atoms with Gasteiger partial charge in [0.25, 0.3) is 0 Å². The minimum Gasteiger partial charge on any atom is -0.387 e. The quantitative estimate of drug-likeness (QED) is 0.888. The van der Waals surface area contributed by atoms with E-state index in [4.69, 9.17) is 11.6 Å². The Morgan fingerprint density at radius 1 is 1.08 bits per heavy atom. The van der Waals surface area contributed by atoms with Gasteiger partial charge in [-0.25, -0.2) is 0 Å². The van der Waals surface area contributed by atoms with Crippen molar-refractivity contribution in [1.82, 2.24) is 4.90 Å². The number of aryl methyl sites for hydroxylation is 1. The maximum Gasteiger partial charge on any atom is 0.0923 e. The van der Waals surface area contributed by atoms with Gasteiger partial charge in [-0.15, -0.1) is 0 Å². The predicted molar refractivity (Wildman–Crippen MR) is 97.2 cm³/mol. The minimum absolute atomic E-state index is 0.535. The SMILES string of the molecule is Cc1ccccc1C1(O)CCN(C[C@H](O)c2ccc(Cl)cc2)CC1. The molecule has 1 fully saturated rings. The molecular formula is C20H24ClNO2. The number of nitrogens with zero attached hydrogens (tertiary/aromatic N) is 1. The normalized spacial score (nSPS) is 19.2. The van der Waals surface area contributed by atoms with Crippen LogP contribution in [0.1, 0.15) is 35.6 Å². The fourth-order valence-electron chi connectivity index (χ4n) is 3.50. The largest absolute Gasteiger partial charge is 0.387 e. The Kier molecular flexibility index (Phi) is 5.26. The highest BCUT2D eigenvalue weighted by Gasteiger charge is 2.35. The topological polar surface area (TPSA) is 43.7 Å². The molecule has 0 spiro atoms. The molecule has 1 saturated heterocycles. The number of hydrogen-bond donors (Lipinski definition) is 2. The molecule has 1 aliphatic heterocycles. The van der Waals surface area contributed by atoms with Crippen molar-refractivity contribution in [3.8, 4) is 0 Å². The molecule has 0 radical (unpaired) electrons. The fourth-order valence-corrected chi connectivity index (χ4v) is 3.63. The van der Waals surface area contributed by atoms with Crippen LogP contribution < -0.4 is 0 Å². The number of aliphatic hydroxyl groups excluding tert-OH is 1. The Balaban J connectivity index is 1.61. The third-order valence-corrected chi connectivity index (χ3v) is 5.27. The van der Waals surface area contributed by atoms with Gasteiger partial charge < -0.3 is 15.1 Å². The van der Waals surface area contributed by atoms with Crippen molar-refractivity contribution in [2.24, 2.45) is 0 Å².